The second kappa shape index (κ2) is 5.85. The van der Waals surface area contributed by atoms with Gasteiger partial charge in [0.15, 0.2) is 0 Å². The Labute approximate surface area is 83.5 Å². The van der Waals surface area contributed by atoms with Crippen molar-refractivity contribution in [3.05, 3.63) is 0 Å². The number of rotatable bonds is 3. The molecule has 0 saturated heterocycles. The van der Waals surface area contributed by atoms with E-state index in [0.29, 0.717) is 22.8 Å². The van der Waals surface area contributed by atoms with Gasteiger partial charge in [-0.15, -0.1) is 0 Å². The molecule has 0 aromatic heterocycles. The zero-order valence-electron chi connectivity index (χ0n) is 8.94. The predicted octanol–water partition coefficient (Wildman–Crippen LogP) is 0.492. The standard InChI is InChI=1S/C8H16N6/c1-5(11-9)7(3)13-14-8(4)6(2)12-10/h9-10H2,1-4H3/b11-5+,12-6+,13-7-,14-8-. The molecule has 6 nitrogen and oxygen atoms in total. The third kappa shape index (κ3) is 3.79. The van der Waals surface area contributed by atoms with Crippen molar-refractivity contribution in [1.29, 1.82) is 0 Å². The first-order chi connectivity index (χ1) is 6.52. The molecule has 0 radical (unpaired) electrons. The second-order valence-corrected chi connectivity index (χ2v) is 2.80. The summed E-state index contributed by atoms with van der Waals surface area (Å²) in [5.41, 5.74) is 2.61. The summed E-state index contributed by atoms with van der Waals surface area (Å²) >= 11 is 0. The lowest BCUT2D eigenvalue weighted by molar-refractivity contribution is 1.20. The minimum Gasteiger partial charge on any atom is -0.323 e. The Bertz CT molecular complexity index is 278. The van der Waals surface area contributed by atoms with Crippen LogP contribution in [0.15, 0.2) is 20.4 Å². The number of hydrazone groups is 2. The first-order valence-corrected chi connectivity index (χ1v) is 4.11. The summed E-state index contributed by atoms with van der Waals surface area (Å²) in [5.74, 6) is 10.2. The lowest BCUT2D eigenvalue weighted by Crippen LogP contribution is -2.10. The quantitative estimate of drug-likeness (QED) is 0.390. The largest absolute Gasteiger partial charge is 0.323 e. The third-order valence-corrected chi connectivity index (χ3v) is 1.78. The van der Waals surface area contributed by atoms with E-state index in [0.717, 1.165) is 0 Å². The summed E-state index contributed by atoms with van der Waals surface area (Å²) in [6.45, 7) is 7.07. The molecule has 0 saturated carbocycles. The smallest absolute Gasteiger partial charge is 0.0828 e. The Morgan fingerprint density at radius 1 is 0.643 bits per heavy atom. The summed E-state index contributed by atoms with van der Waals surface area (Å²) in [6.07, 6.45) is 0. The van der Waals surface area contributed by atoms with E-state index >= 15 is 0 Å². The maximum absolute atomic E-state index is 5.08. The molecule has 0 aliphatic heterocycles. The van der Waals surface area contributed by atoms with Gasteiger partial charge in [0.25, 0.3) is 0 Å². The molecular weight excluding hydrogens is 180 g/mol. The maximum atomic E-state index is 5.08. The molecule has 14 heavy (non-hydrogen) atoms. The lowest BCUT2D eigenvalue weighted by atomic mass is 10.3. The molecular formula is C8H16N6. The molecule has 0 aliphatic rings. The number of hydrogen-bond acceptors (Lipinski definition) is 6. The van der Waals surface area contributed by atoms with Gasteiger partial charge < -0.3 is 11.7 Å². The van der Waals surface area contributed by atoms with Crippen LogP contribution in [0.5, 0.6) is 0 Å². The zero-order chi connectivity index (χ0) is 11.1. The molecule has 0 spiro atoms. The lowest BCUT2D eigenvalue weighted by Gasteiger charge is -1.96. The summed E-state index contributed by atoms with van der Waals surface area (Å²) < 4.78 is 0. The van der Waals surface area contributed by atoms with Crippen molar-refractivity contribution in [2.24, 2.45) is 32.1 Å². The Morgan fingerprint density at radius 3 is 1.14 bits per heavy atom. The van der Waals surface area contributed by atoms with E-state index in [9.17, 15) is 0 Å². The van der Waals surface area contributed by atoms with E-state index in [4.69, 9.17) is 11.7 Å². The van der Waals surface area contributed by atoms with Crippen molar-refractivity contribution in [3.63, 3.8) is 0 Å². The van der Waals surface area contributed by atoms with Gasteiger partial charge in [-0.2, -0.15) is 20.4 Å². The van der Waals surface area contributed by atoms with Crippen LogP contribution in [-0.2, 0) is 0 Å². The van der Waals surface area contributed by atoms with Gasteiger partial charge in [-0.25, -0.2) is 0 Å². The van der Waals surface area contributed by atoms with Gasteiger partial charge >= 0.3 is 0 Å². The van der Waals surface area contributed by atoms with Gasteiger partial charge in [-0.1, -0.05) is 0 Å². The highest BCUT2D eigenvalue weighted by molar-refractivity contribution is 6.42. The Balaban J connectivity index is 4.71. The minimum atomic E-state index is 0.642. The molecule has 0 heterocycles. The van der Waals surface area contributed by atoms with Gasteiger partial charge in [0, 0.05) is 0 Å². The van der Waals surface area contributed by atoms with E-state index in [2.05, 4.69) is 20.4 Å². The minimum absolute atomic E-state index is 0.642. The van der Waals surface area contributed by atoms with E-state index in [1.807, 2.05) is 0 Å². The normalized spacial score (nSPS) is 16.0. The van der Waals surface area contributed by atoms with Crippen LogP contribution in [-0.4, -0.2) is 22.8 Å². The fourth-order valence-corrected chi connectivity index (χ4v) is 0.482. The molecule has 0 amide bonds. The van der Waals surface area contributed by atoms with Gasteiger partial charge in [0.1, 0.15) is 0 Å². The van der Waals surface area contributed by atoms with Crippen molar-refractivity contribution in [2.45, 2.75) is 27.7 Å². The highest BCUT2D eigenvalue weighted by Gasteiger charge is 1.97. The van der Waals surface area contributed by atoms with Crippen LogP contribution in [0.2, 0.25) is 0 Å². The van der Waals surface area contributed by atoms with Crippen LogP contribution in [0, 0.1) is 0 Å². The average Bonchev–Trinajstić information content (AvgIpc) is 2.22. The predicted molar refractivity (Wildman–Crippen MR) is 60.8 cm³/mol. The van der Waals surface area contributed by atoms with Gasteiger partial charge in [-0.3, -0.25) is 0 Å². The molecule has 6 heteroatoms. The molecule has 0 aliphatic carbocycles. The topological polar surface area (TPSA) is 101 Å². The van der Waals surface area contributed by atoms with E-state index in [-0.39, 0.29) is 0 Å². The third-order valence-electron chi connectivity index (χ3n) is 1.78. The molecule has 0 atom stereocenters. The van der Waals surface area contributed by atoms with Crippen molar-refractivity contribution in [3.8, 4) is 0 Å². The Hall–Kier alpha value is -1.72. The molecule has 0 bridgehead atoms. The Morgan fingerprint density at radius 2 is 0.929 bits per heavy atom. The first kappa shape index (κ1) is 12.3. The molecule has 0 aromatic carbocycles. The fourth-order valence-electron chi connectivity index (χ4n) is 0.482. The van der Waals surface area contributed by atoms with Crippen molar-refractivity contribution in [2.75, 3.05) is 0 Å². The summed E-state index contributed by atoms with van der Waals surface area (Å²) in [5, 5.41) is 14.8. The molecule has 4 N–H and O–H groups in total. The van der Waals surface area contributed by atoms with Gasteiger partial charge in [0.2, 0.25) is 0 Å². The van der Waals surface area contributed by atoms with Crippen LogP contribution in [0.3, 0.4) is 0 Å². The van der Waals surface area contributed by atoms with Crippen LogP contribution in [0.4, 0.5) is 0 Å². The number of nitrogens with zero attached hydrogens (tertiary/aromatic N) is 4. The summed E-state index contributed by atoms with van der Waals surface area (Å²) in [4.78, 5) is 0. The molecule has 0 fully saturated rings. The SMILES string of the molecule is CC(=N/N=C(C)\C(C)=N\N)/C(C)=N/N. The van der Waals surface area contributed by atoms with E-state index in [1.165, 1.54) is 0 Å². The van der Waals surface area contributed by atoms with E-state index in [1.54, 1.807) is 27.7 Å². The Kier molecular flexibility index (Phi) is 5.13. The van der Waals surface area contributed by atoms with Crippen LogP contribution < -0.4 is 11.7 Å². The van der Waals surface area contributed by atoms with Crippen molar-refractivity contribution < 1.29 is 0 Å². The average molecular weight is 196 g/mol. The van der Waals surface area contributed by atoms with E-state index < -0.39 is 0 Å². The first-order valence-electron chi connectivity index (χ1n) is 4.11. The molecule has 0 rings (SSSR count). The molecule has 0 aromatic rings. The van der Waals surface area contributed by atoms with Crippen LogP contribution in [0.25, 0.3) is 0 Å². The zero-order valence-corrected chi connectivity index (χ0v) is 8.94. The van der Waals surface area contributed by atoms with Gasteiger partial charge in [-0.05, 0) is 27.7 Å². The monoisotopic (exact) mass is 196 g/mol. The fraction of sp³-hybridized carbons (Fsp3) is 0.500. The number of hydrogen-bond donors (Lipinski definition) is 2. The van der Waals surface area contributed by atoms with Crippen molar-refractivity contribution >= 4 is 22.8 Å². The summed E-state index contributed by atoms with van der Waals surface area (Å²) in [7, 11) is 0. The van der Waals surface area contributed by atoms with Crippen LogP contribution in [0.1, 0.15) is 27.7 Å². The van der Waals surface area contributed by atoms with Gasteiger partial charge in [0.05, 0.1) is 22.8 Å². The molecule has 0 unspecified atom stereocenters. The summed E-state index contributed by atoms with van der Waals surface area (Å²) in [6, 6.07) is 0. The van der Waals surface area contributed by atoms with Crippen LogP contribution >= 0.6 is 0 Å². The highest BCUT2D eigenvalue weighted by atomic mass is 15.2. The second-order valence-electron chi connectivity index (χ2n) is 2.80. The molecule has 78 valence electrons. The maximum Gasteiger partial charge on any atom is 0.0828 e. The highest BCUT2D eigenvalue weighted by Crippen LogP contribution is 1.88. The van der Waals surface area contributed by atoms with Crippen molar-refractivity contribution in [1.82, 2.24) is 0 Å². The number of nitrogens with two attached hydrogens (primary N) is 2.